The summed E-state index contributed by atoms with van der Waals surface area (Å²) in [6, 6.07) is 3.67. The van der Waals surface area contributed by atoms with Crippen LogP contribution in [0.25, 0.3) is 0 Å². The molecule has 1 aliphatic rings. The fraction of sp³-hybridized carbons (Fsp3) is 0.538. The molecule has 0 aromatic carbocycles. The van der Waals surface area contributed by atoms with Gasteiger partial charge in [0, 0.05) is 18.0 Å². The van der Waals surface area contributed by atoms with Crippen LogP contribution in [0.15, 0.2) is 12.1 Å². The highest BCUT2D eigenvalue weighted by Crippen LogP contribution is 2.30. The normalized spacial score (nSPS) is 18.3. The third-order valence-electron chi connectivity index (χ3n) is 3.55. The van der Waals surface area contributed by atoms with Crippen molar-refractivity contribution >= 4 is 34.8 Å². The highest BCUT2D eigenvalue weighted by atomic mass is 35.5. The van der Waals surface area contributed by atoms with Crippen molar-refractivity contribution in [1.82, 2.24) is 4.90 Å². The minimum atomic E-state index is -0.759. The number of likely N-dealkylation sites (tertiary alicyclic amines) is 1. The van der Waals surface area contributed by atoms with Crippen LogP contribution in [0.1, 0.15) is 30.6 Å². The Balaban J connectivity index is 1.96. The Morgan fingerprint density at radius 3 is 2.53 bits per heavy atom. The molecule has 1 amide bonds. The highest BCUT2D eigenvalue weighted by Gasteiger charge is 2.29. The second-order valence-electron chi connectivity index (χ2n) is 4.80. The van der Waals surface area contributed by atoms with Crippen LogP contribution in [-0.4, -0.2) is 35.0 Å². The van der Waals surface area contributed by atoms with Gasteiger partial charge in [-0.1, -0.05) is 11.6 Å². The number of carboxylic acids is 1. The summed E-state index contributed by atoms with van der Waals surface area (Å²) in [4.78, 5) is 25.9. The molecule has 1 atom stereocenters. The van der Waals surface area contributed by atoms with Crippen molar-refractivity contribution in [3.05, 3.63) is 21.3 Å². The zero-order valence-electron chi connectivity index (χ0n) is 10.6. The van der Waals surface area contributed by atoms with Crippen LogP contribution in [0.5, 0.6) is 0 Å². The lowest BCUT2D eigenvalue weighted by Gasteiger charge is -2.31. The maximum absolute atomic E-state index is 12.3. The lowest BCUT2D eigenvalue weighted by molar-refractivity contribution is -0.145. The number of amides is 1. The number of carbonyl (C=O) groups is 2. The molecule has 0 bridgehead atoms. The second-order valence-corrected chi connectivity index (χ2v) is 6.55. The smallest absolute Gasteiger partial charge is 0.306 e. The van der Waals surface area contributed by atoms with E-state index in [4.69, 9.17) is 16.7 Å². The number of thiophene rings is 1. The third-order valence-corrected chi connectivity index (χ3v) is 4.96. The molecule has 1 aliphatic heterocycles. The van der Waals surface area contributed by atoms with Gasteiger partial charge in [0.2, 0.25) is 5.91 Å². The molecule has 2 rings (SSSR count). The van der Waals surface area contributed by atoms with Crippen molar-refractivity contribution in [3.63, 3.8) is 0 Å². The van der Waals surface area contributed by atoms with E-state index in [1.165, 1.54) is 11.3 Å². The van der Waals surface area contributed by atoms with Gasteiger partial charge in [0.15, 0.2) is 0 Å². The summed E-state index contributed by atoms with van der Waals surface area (Å²) < 4.78 is 0.680. The zero-order valence-corrected chi connectivity index (χ0v) is 12.2. The molecule has 6 heteroatoms. The number of aliphatic carboxylic acids is 1. The monoisotopic (exact) mass is 301 g/mol. The molecular formula is C13H16ClNO3S. The van der Waals surface area contributed by atoms with Gasteiger partial charge in [0.05, 0.1) is 16.2 Å². The Kier molecular flexibility index (Phi) is 4.47. The molecule has 1 saturated heterocycles. The molecule has 19 heavy (non-hydrogen) atoms. The van der Waals surface area contributed by atoms with E-state index in [1.54, 1.807) is 11.0 Å². The number of hydrogen-bond acceptors (Lipinski definition) is 3. The fourth-order valence-electron chi connectivity index (χ4n) is 2.30. The van der Waals surface area contributed by atoms with E-state index in [0.29, 0.717) is 30.3 Å². The average Bonchev–Trinajstić information content (AvgIpc) is 2.84. The fourth-order valence-corrected chi connectivity index (χ4v) is 3.41. The SMILES string of the molecule is CC(C(=O)N1CCC(C(=O)O)CC1)c1ccc(Cl)s1. The van der Waals surface area contributed by atoms with Gasteiger partial charge in [0.25, 0.3) is 0 Å². The summed E-state index contributed by atoms with van der Waals surface area (Å²) in [5.74, 6) is -1.22. The van der Waals surface area contributed by atoms with E-state index in [-0.39, 0.29) is 17.7 Å². The molecule has 2 heterocycles. The van der Waals surface area contributed by atoms with Gasteiger partial charge < -0.3 is 10.0 Å². The Bertz CT molecular complexity index is 480. The molecule has 0 saturated carbocycles. The van der Waals surface area contributed by atoms with Gasteiger partial charge in [-0.05, 0) is 31.9 Å². The van der Waals surface area contributed by atoms with Crippen LogP contribution < -0.4 is 0 Å². The van der Waals surface area contributed by atoms with Gasteiger partial charge in [-0.25, -0.2) is 0 Å². The van der Waals surface area contributed by atoms with E-state index in [2.05, 4.69) is 0 Å². The summed E-state index contributed by atoms with van der Waals surface area (Å²) in [6.07, 6.45) is 1.08. The molecule has 4 nitrogen and oxygen atoms in total. The number of piperidine rings is 1. The second kappa shape index (κ2) is 5.92. The predicted molar refractivity (Wildman–Crippen MR) is 74.7 cm³/mol. The first kappa shape index (κ1) is 14.3. The van der Waals surface area contributed by atoms with Crippen LogP contribution in [-0.2, 0) is 9.59 Å². The zero-order chi connectivity index (χ0) is 14.0. The van der Waals surface area contributed by atoms with Crippen molar-refractivity contribution in [1.29, 1.82) is 0 Å². The van der Waals surface area contributed by atoms with Crippen LogP contribution in [0.3, 0.4) is 0 Å². The molecule has 1 aromatic heterocycles. The largest absolute Gasteiger partial charge is 0.481 e. The lowest BCUT2D eigenvalue weighted by atomic mass is 9.96. The Hall–Kier alpha value is -1.07. The predicted octanol–water partition coefficient (Wildman–Crippen LogP) is 2.83. The number of halogens is 1. The number of carbonyl (C=O) groups excluding carboxylic acids is 1. The van der Waals surface area contributed by atoms with Crippen molar-refractivity contribution < 1.29 is 14.7 Å². The van der Waals surface area contributed by atoms with Crippen molar-refractivity contribution in [2.45, 2.75) is 25.7 Å². The molecular weight excluding hydrogens is 286 g/mol. The summed E-state index contributed by atoms with van der Waals surface area (Å²) in [5, 5.41) is 8.94. The van der Waals surface area contributed by atoms with Gasteiger partial charge in [-0.15, -0.1) is 11.3 Å². The standard InChI is InChI=1S/C13H16ClNO3S/c1-8(10-2-3-11(14)19-10)12(16)15-6-4-9(5-7-15)13(17)18/h2-3,8-9H,4-7H2,1H3,(H,17,18). The first-order chi connectivity index (χ1) is 8.99. The van der Waals surface area contributed by atoms with Crippen LogP contribution in [0.4, 0.5) is 0 Å². The summed E-state index contributed by atoms with van der Waals surface area (Å²) in [6.45, 7) is 2.92. The summed E-state index contributed by atoms with van der Waals surface area (Å²) >= 11 is 7.29. The highest BCUT2D eigenvalue weighted by molar-refractivity contribution is 7.16. The number of nitrogens with zero attached hydrogens (tertiary/aromatic N) is 1. The molecule has 1 unspecified atom stereocenters. The minimum absolute atomic E-state index is 0.0577. The van der Waals surface area contributed by atoms with Gasteiger partial charge in [-0.3, -0.25) is 9.59 Å². The summed E-state index contributed by atoms with van der Waals surface area (Å²) in [7, 11) is 0. The molecule has 1 aromatic rings. The first-order valence-corrected chi connectivity index (χ1v) is 7.45. The topological polar surface area (TPSA) is 57.6 Å². The van der Waals surface area contributed by atoms with Crippen molar-refractivity contribution in [2.75, 3.05) is 13.1 Å². The molecule has 0 spiro atoms. The number of rotatable bonds is 3. The van der Waals surface area contributed by atoms with Crippen LogP contribution >= 0.6 is 22.9 Å². The Labute approximate surface area is 121 Å². The van der Waals surface area contributed by atoms with E-state index in [1.807, 2.05) is 13.0 Å². The molecule has 0 aliphatic carbocycles. The maximum Gasteiger partial charge on any atom is 0.306 e. The third kappa shape index (κ3) is 3.28. The van der Waals surface area contributed by atoms with E-state index < -0.39 is 5.97 Å². The summed E-state index contributed by atoms with van der Waals surface area (Å²) in [5.41, 5.74) is 0. The quantitative estimate of drug-likeness (QED) is 0.934. The van der Waals surface area contributed by atoms with Crippen molar-refractivity contribution in [2.24, 2.45) is 5.92 Å². The van der Waals surface area contributed by atoms with E-state index >= 15 is 0 Å². The number of hydrogen-bond donors (Lipinski definition) is 1. The van der Waals surface area contributed by atoms with Gasteiger partial charge >= 0.3 is 5.97 Å². The van der Waals surface area contributed by atoms with Gasteiger partial charge in [-0.2, -0.15) is 0 Å². The van der Waals surface area contributed by atoms with Crippen LogP contribution in [0, 0.1) is 5.92 Å². The van der Waals surface area contributed by atoms with Gasteiger partial charge in [0.1, 0.15) is 0 Å². The maximum atomic E-state index is 12.3. The molecule has 1 fully saturated rings. The van der Waals surface area contributed by atoms with E-state index in [9.17, 15) is 9.59 Å². The lowest BCUT2D eigenvalue weighted by Crippen LogP contribution is -2.41. The minimum Gasteiger partial charge on any atom is -0.481 e. The average molecular weight is 302 g/mol. The Morgan fingerprint density at radius 1 is 1.42 bits per heavy atom. The van der Waals surface area contributed by atoms with E-state index in [0.717, 1.165) is 4.88 Å². The molecule has 104 valence electrons. The molecule has 0 radical (unpaired) electrons. The Morgan fingerprint density at radius 2 is 2.05 bits per heavy atom. The van der Waals surface area contributed by atoms with Crippen LogP contribution in [0.2, 0.25) is 4.34 Å². The number of carboxylic acid groups (broad SMARTS) is 1. The van der Waals surface area contributed by atoms with Crippen molar-refractivity contribution in [3.8, 4) is 0 Å². The molecule has 1 N–H and O–H groups in total. The first-order valence-electron chi connectivity index (χ1n) is 6.26.